The van der Waals surface area contributed by atoms with Gasteiger partial charge in [0.1, 0.15) is 5.82 Å². The number of hydrogen-bond acceptors (Lipinski definition) is 2. The van der Waals surface area contributed by atoms with E-state index in [0.717, 1.165) is 29.3 Å². The zero-order valence-electron chi connectivity index (χ0n) is 11.7. The number of nitrogens with two attached hydrogens (primary N) is 1. The first-order chi connectivity index (χ1) is 10.2. The summed E-state index contributed by atoms with van der Waals surface area (Å²) in [6.07, 6.45) is 2.88. The van der Waals surface area contributed by atoms with Crippen LogP contribution in [0.2, 0.25) is 0 Å². The summed E-state index contributed by atoms with van der Waals surface area (Å²) in [6, 6.07) is 13.6. The zero-order valence-corrected chi connectivity index (χ0v) is 13.2. The van der Waals surface area contributed by atoms with Gasteiger partial charge in [-0.3, -0.25) is 11.3 Å². The fourth-order valence-electron chi connectivity index (χ4n) is 3.16. The van der Waals surface area contributed by atoms with Crippen molar-refractivity contribution in [1.29, 1.82) is 0 Å². The molecule has 0 saturated heterocycles. The largest absolute Gasteiger partial charge is 0.271 e. The monoisotopic (exact) mass is 348 g/mol. The van der Waals surface area contributed by atoms with Gasteiger partial charge in [-0.25, -0.2) is 4.39 Å². The molecule has 2 aromatic carbocycles. The van der Waals surface area contributed by atoms with E-state index in [9.17, 15) is 4.39 Å². The molecule has 21 heavy (non-hydrogen) atoms. The van der Waals surface area contributed by atoms with Gasteiger partial charge in [0.25, 0.3) is 0 Å². The maximum absolute atomic E-state index is 13.2. The van der Waals surface area contributed by atoms with Crippen molar-refractivity contribution >= 4 is 15.9 Å². The van der Waals surface area contributed by atoms with Gasteiger partial charge >= 0.3 is 0 Å². The van der Waals surface area contributed by atoms with Crippen molar-refractivity contribution in [2.24, 2.45) is 11.8 Å². The lowest BCUT2D eigenvalue weighted by atomic mass is 9.91. The fraction of sp³-hybridized carbons (Fsp3) is 0.294. The molecule has 4 heteroatoms. The Kier molecular flexibility index (Phi) is 4.38. The van der Waals surface area contributed by atoms with E-state index in [0.29, 0.717) is 5.92 Å². The van der Waals surface area contributed by atoms with Crippen LogP contribution in [0.1, 0.15) is 16.7 Å². The molecular formula is C17H18BrFN2. The number of rotatable bonds is 4. The molecule has 0 aliphatic heterocycles. The smallest absolute Gasteiger partial charge is 0.124 e. The standard InChI is InChI=1S/C17H18BrFN2/c18-16-10-15(19)6-5-13(16)9-17(21-20)14-7-11-3-1-2-4-12(11)8-14/h1-6,10,14,17,21H,7-9,20H2. The van der Waals surface area contributed by atoms with Crippen LogP contribution in [0.3, 0.4) is 0 Å². The van der Waals surface area contributed by atoms with Crippen LogP contribution in [0, 0.1) is 11.7 Å². The van der Waals surface area contributed by atoms with E-state index in [-0.39, 0.29) is 11.9 Å². The van der Waals surface area contributed by atoms with E-state index in [1.807, 2.05) is 6.07 Å². The Balaban J connectivity index is 1.75. The van der Waals surface area contributed by atoms with Gasteiger partial charge in [-0.1, -0.05) is 46.3 Å². The first kappa shape index (κ1) is 14.7. The minimum Gasteiger partial charge on any atom is -0.271 e. The molecule has 0 radical (unpaired) electrons. The van der Waals surface area contributed by atoms with Crippen molar-refractivity contribution in [1.82, 2.24) is 5.43 Å². The summed E-state index contributed by atoms with van der Waals surface area (Å²) < 4.78 is 14.0. The Morgan fingerprint density at radius 1 is 1.19 bits per heavy atom. The lowest BCUT2D eigenvalue weighted by Crippen LogP contribution is -2.43. The average Bonchev–Trinajstić information content (AvgIpc) is 2.90. The summed E-state index contributed by atoms with van der Waals surface area (Å²) in [5.41, 5.74) is 6.87. The van der Waals surface area contributed by atoms with Gasteiger partial charge in [0, 0.05) is 10.5 Å². The molecule has 1 atom stereocenters. The number of fused-ring (bicyclic) bond motifs is 1. The molecule has 0 aromatic heterocycles. The molecule has 110 valence electrons. The Hall–Kier alpha value is -1.23. The molecule has 0 bridgehead atoms. The van der Waals surface area contributed by atoms with Crippen molar-refractivity contribution < 1.29 is 4.39 Å². The van der Waals surface area contributed by atoms with E-state index < -0.39 is 0 Å². The van der Waals surface area contributed by atoms with Crippen LogP contribution in [0.25, 0.3) is 0 Å². The highest BCUT2D eigenvalue weighted by atomic mass is 79.9. The molecule has 0 fully saturated rings. The highest BCUT2D eigenvalue weighted by Crippen LogP contribution is 2.30. The summed E-state index contributed by atoms with van der Waals surface area (Å²) in [6.45, 7) is 0. The molecule has 2 nitrogen and oxygen atoms in total. The topological polar surface area (TPSA) is 38.0 Å². The van der Waals surface area contributed by atoms with Gasteiger partial charge in [-0.15, -0.1) is 0 Å². The molecule has 1 aliphatic carbocycles. The molecule has 0 saturated carbocycles. The van der Waals surface area contributed by atoms with Crippen LogP contribution in [0.4, 0.5) is 4.39 Å². The van der Waals surface area contributed by atoms with Gasteiger partial charge in [0.05, 0.1) is 0 Å². The van der Waals surface area contributed by atoms with Crippen molar-refractivity contribution in [3.8, 4) is 0 Å². The van der Waals surface area contributed by atoms with E-state index in [4.69, 9.17) is 5.84 Å². The third-order valence-corrected chi connectivity index (χ3v) is 5.06. The molecule has 2 aromatic rings. The van der Waals surface area contributed by atoms with Gasteiger partial charge in [0.15, 0.2) is 0 Å². The predicted octanol–water partition coefficient (Wildman–Crippen LogP) is 3.38. The predicted molar refractivity (Wildman–Crippen MR) is 86.3 cm³/mol. The van der Waals surface area contributed by atoms with Crippen molar-refractivity contribution in [3.63, 3.8) is 0 Å². The van der Waals surface area contributed by atoms with Crippen LogP contribution in [0.5, 0.6) is 0 Å². The third kappa shape index (κ3) is 3.18. The Labute approximate surface area is 132 Å². The van der Waals surface area contributed by atoms with Crippen LogP contribution >= 0.6 is 15.9 Å². The molecule has 1 unspecified atom stereocenters. The zero-order chi connectivity index (χ0) is 14.8. The second kappa shape index (κ2) is 6.26. The molecule has 0 heterocycles. The fourth-order valence-corrected chi connectivity index (χ4v) is 3.68. The molecule has 1 aliphatic rings. The van der Waals surface area contributed by atoms with Gasteiger partial charge < -0.3 is 0 Å². The van der Waals surface area contributed by atoms with Crippen molar-refractivity contribution in [2.75, 3.05) is 0 Å². The summed E-state index contributed by atoms with van der Waals surface area (Å²) in [5, 5.41) is 0. The van der Waals surface area contributed by atoms with E-state index in [2.05, 4.69) is 45.6 Å². The minimum absolute atomic E-state index is 0.180. The first-order valence-electron chi connectivity index (χ1n) is 7.14. The van der Waals surface area contributed by atoms with Gasteiger partial charge in [0.2, 0.25) is 0 Å². The number of halogens is 2. The lowest BCUT2D eigenvalue weighted by molar-refractivity contribution is 0.366. The van der Waals surface area contributed by atoms with Crippen molar-refractivity contribution in [2.45, 2.75) is 25.3 Å². The number of nitrogens with one attached hydrogen (secondary N) is 1. The first-order valence-corrected chi connectivity index (χ1v) is 7.93. The second-order valence-corrected chi connectivity index (χ2v) is 6.50. The average molecular weight is 349 g/mol. The van der Waals surface area contributed by atoms with Gasteiger partial charge in [-0.05, 0) is 54.0 Å². The van der Waals surface area contributed by atoms with E-state index in [1.165, 1.54) is 23.3 Å². The Bertz CT molecular complexity index is 619. The van der Waals surface area contributed by atoms with Gasteiger partial charge in [-0.2, -0.15) is 0 Å². The minimum atomic E-state index is -0.226. The number of benzene rings is 2. The molecular weight excluding hydrogens is 331 g/mol. The van der Waals surface area contributed by atoms with Crippen molar-refractivity contribution in [3.05, 3.63) is 69.4 Å². The molecule has 0 spiro atoms. The molecule has 3 N–H and O–H groups in total. The maximum atomic E-state index is 13.2. The number of hydrogen-bond donors (Lipinski definition) is 2. The maximum Gasteiger partial charge on any atom is 0.124 e. The Morgan fingerprint density at radius 2 is 1.86 bits per heavy atom. The molecule has 3 rings (SSSR count). The Morgan fingerprint density at radius 3 is 2.43 bits per heavy atom. The quantitative estimate of drug-likeness (QED) is 0.656. The third-order valence-electron chi connectivity index (χ3n) is 4.32. The summed E-state index contributed by atoms with van der Waals surface area (Å²) >= 11 is 3.43. The van der Waals surface area contributed by atoms with Crippen LogP contribution in [-0.4, -0.2) is 6.04 Å². The van der Waals surface area contributed by atoms with Crippen LogP contribution < -0.4 is 11.3 Å². The summed E-state index contributed by atoms with van der Waals surface area (Å²) in [5.74, 6) is 6.03. The van der Waals surface area contributed by atoms with Crippen LogP contribution in [0.15, 0.2) is 46.9 Å². The molecule has 0 amide bonds. The normalized spacial score (nSPS) is 16.0. The highest BCUT2D eigenvalue weighted by Gasteiger charge is 2.28. The SMILES string of the molecule is NNC(Cc1ccc(F)cc1Br)C1Cc2ccccc2C1. The second-order valence-electron chi connectivity index (χ2n) is 5.65. The number of hydrazine groups is 1. The highest BCUT2D eigenvalue weighted by molar-refractivity contribution is 9.10. The van der Waals surface area contributed by atoms with Crippen LogP contribution in [-0.2, 0) is 19.3 Å². The van der Waals surface area contributed by atoms with E-state index in [1.54, 1.807) is 0 Å². The summed E-state index contributed by atoms with van der Waals surface area (Å²) in [7, 11) is 0. The lowest BCUT2D eigenvalue weighted by Gasteiger charge is -2.23. The van der Waals surface area contributed by atoms with E-state index >= 15 is 0 Å². The summed E-state index contributed by atoms with van der Waals surface area (Å²) in [4.78, 5) is 0.